The van der Waals surface area contributed by atoms with Gasteiger partial charge in [0.05, 0.1) is 6.16 Å². The van der Waals surface area contributed by atoms with E-state index in [1.54, 1.807) is 0 Å². The molecule has 0 heterocycles. The van der Waals surface area contributed by atoms with Gasteiger partial charge in [0.1, 0.15) is 0 Å². The predicted molar refractivity (Wildman–Crippen MR) is 53.0 cm³/mol. The van der Waals surface area contributed by atoms with E-state index < -0.39 is 15.9 Å². The Labute approximate surface area is 84.1 Å². The van der Waals surface area contributed by atoms with Crippen LogP contribution < -0.4 is 0 Å². The quantitative estimate of drug-likeness (QED) is 0.545. The van der Waals surface area contributed by atoms with E-state index in [0.29, 0.717) is 6.42 Å². The monoisotopic (exact) mass is 247 g/mol. The molecule has 0 rings (SSSR count). The van der Waals surface area contributed by atoms with E-state index in [-0.39, 0.29) is 11.6 Å². The first kappa shape index (κ1) is 16.6. The molecule has 4 N–H and O–H groups in total. The highest BCUT2D eigenvalue weighted by Gasteiger charge is 2.18. The zero-order valence-electron chi connectivity index (χ0n) is 8.41. The molecule has 8 heteroatoms. The largest absolute Gasteiger partial charge is 0.692 e. The summed E-state index contributed by atoms with van der Waals surface area (Å²) in [6, 6.07) is 0. The van der Waals surface area contributed by atoms with Crippen molar-refractivity contribution in [3.8, 4) is 0 Å². The third-order valence-electron chi connectivity index (χ3n) is 1.15. The average Bonchev–Trinajstić information content (AvgIpc) is 1.79. The summed E-state index contributed by atoms with van der Waals surface area (Å²) in [5, 5.41) is 0. The lowest BCUT2D eigenvalue weighted by Gasteiger charge is -2.17. The molecule has 6 nitrogen and oxygen atoms in total. The average molecular weight is 247 g/mol. The first-order valence-electron chi connectivity index (χ1n) is 3.83. The van der Waals surface area contributed by atoms with E-state index in [1.165, 1.54) is 0 Å². The normalized spacial score (nSPS) is 11.6. The van der Waals surface area contributed by atoms with Gasteiger partial charge in [-0.2, -0.15) is 0 Å². The lowest BCUT2D eigenvalue weighted by molar-refractivity contribution is 0.344. The van der Waals surface area contributed by atoms with Gasteiger partial charge in [0.2, 0.25) is 0 Å². The molecule has 0 aliphatic rings. The lowest BCUT2D eigenvalue weighted by atomic mass is 9.94. The van der Waals surface area contributed by atoms with E-state index in [9.17, 15) is 4.57 Å². The van der Waals surface area contributed by atoms with Gasteiger partial charge in [-0.05, 0) is 11.8 Å². The fourth-order valence-electron chi connectivity index (χ4n) is 0.481. The molecule has 0 atom stereocenters. The highest BCUT2D eigenvalue weighted by atomic mass is 31.2. The molecule has 0 aromatic heterocycles. The topological polar surface area (TPSA) is 115 Å². The fraction of sp³-hybridized carbons (Fsp3) is 1.00. The van der Waals surface area contributed by atoms with Crippen molar-refractivity contribution in [2.24, 2.45) is 5.41 Å². The van der Waals surface area contributed by atoms with Crippen LogP contribution in [0.2, 0.25) is 0 Å². The van der Waals surface area contributed by atoms with Gasteiger partial charge in [0.15, 0.2) is 0 Å². The van der Waals surface area contributed by atoms with Crippen LogP contribution >= 0.6 is 15.9 Å². The van der Waals surface area contributed by atoms with E-state index in [2.05, 4.69) is 0 Å². The second kappa shape index (κ2) is 6.62. The van der Waals surface area contributed by atoms with Crippen LogP contribution in [0.3, 0.4) is 0 Å². The van der Waals surface area contributed by atoms with Gasteiger partial charge < -0.3 is 9.79 Å². The van der Waals surface area contributed by atoms with Crippen LogP contribution in [-0.2, 0) is 9.13 Å². The van der Waals surface area contributed by atoms with Crippen LogP contribution in [0, 0.1) is 5.41 Å². The molecule has 86 valence electrons. The highest BCUT2D eigenvalue weighted by Crippen LogP contribution is 2.38. The molecule has 0 unspecified atom stereocenters. The lowest BCUT2D eigenvalue weighted by Crippen LogP contribution is -2.07. The van der Waals surface area contributed by atoms with Crippen molar-refractivity contribution < 1.29 is 28.7 Å². The molecule has 14 heavy (non-hydrogen) atoms. The SMILES string of the molecule is CC(C)(C)CCP(=O)(O)O.O=[P+](O)O. The second-order valence-electron chi connectivity index (χ2n) is 3.95. The summed E-state index contributed by atoms with van der Waals surface area (Å²) in [4.78, 5) is 31.2. The molecule has 0 aromatic carbocycles. The van der Waals surface area contributed by atoms with Gasteiger partial charge in [-0.3, -0.25) is 4.57 Å². The van der Waals surface area contributed by atoms with Crippen molar-refractivity contribution in [1.29, 1.82) is 0 Å². The Morgan fingerprint density at radius 2 is 1.50 bits per heavy atom. The van der Waals surface area contributed by atoms with E-state index in [1.807, 2.05) is 20.8 Å². The Hall–Kier alpha value is 0.170. The molecular weight excluding hydrogens is 230 g/mol. The van der Waals surface area contributed by atoms with Crippen molar-refractivity contribution in [3.63, 3.8) is 0 Å². The summed E-state index contributed by atoms with van der Waals surface area (Å²) in [6.07, 6.45) is 0.563. The Balaban J connectivity index is 0. The van der Waals surface area contributed by atoms with Crippen LogP contribution in [0.4, 0.5) is 0 Å². The molecule has 0 bridgehead atoms. The maximum atomic E-state index is 10.4. The summed E-state index contributed by atoms with van der Waals surface area (Å²) in [5.74, 6) is 0. The molecule has 0 saturated carbocycles. The first-order valence-corrected chi connectivity index (χ1v) is 6.80. The predicted octanol–water partition coefficient (Wildman–Crippen LogP) is 1.23. The Kier molecular flexibility index (Phi) is 7.84. The molecular formula is C6H17O6P2+. The zero-order valence-corrected chi connectivity index (χ0v) is 10.2. The van der Waals surface area contributed by atoms with Crippen LogP contribution in [0.25, 0.3) is 0 Å². The molecule has 0 radical (unpaired) electrons. The molecule has 0 aliphatic carbocycles. The summed E-state index contributed by atoms with van der Waals surface area (Å²) in [7, 11) is -6.63. The third-order valence-corrected chi connectivity index (χ3v) is 1.96. The number of hydrogen-bond donors (Lipinski definition) is 4. The van der Waals surface area contributed by atoms with E-state index in [0.717, 1.165) is 0 Å². The fourth-order valence-corrected chi connectivity index (χ4v) is 1.44. The van der Waals surface area contributed by atoms with Gasteiger partial charge in [-0.1, -0.05) is 20.8 Å². The van der Waals surface area contributed by atoms with Crippen molar-refractivity contribution in [3.05, 3.63) is 0 Å². The standard InChI is InChI=1S/C6H15O3P.HO3P/c1-6(2,3)4-5-10(7,8)9;1-4(2)3/h4-5H2,1-3H3,(H2,7,8,9);(H-,1,2,3)/p+1. The van der Waals surface area contributed by atoms with Gasteiger partial charge >= 0.3 is 15.9 Å². The maximum absolute atomic E-state index is 10.4. The van der Waals surface area contributed by atoms with Gasteiger partial charge in [0.25, 0.3) is 0 Å². The Morgan fingerprint density at radius 1 is 1.21 bits per heavy atom. The smallest absolute Gasteiger partial charge is 0.324 e. The molecule has 0 amide bonds. The maximum Gasteiger partial charge on any atom is 0.692 e. The second-order valence-corrected chi connectivity index (χ2v) is 6.23. The zero-order chi connectivity index (χ0) is 12.0. The minimum absolute atomic E-state index is 0.00347. The van der Waals surface area contributed by atoms with Gasteiger partial charge in [-0.15, -0.1) is 9.79 Å². The molecule has 0 spiro atoms. The van der Waals surface area contributed by atoms with Crippen LogP contribution in [0.1, 0.15) is 27.2 Å². The van der Waals surface area contributed by atoms with Gasteiger partial charge in [-0.25, -0.2) is 0 Å². The number of hydrogen-bond acceptors (Lipinski definition) is 2. The van der Waals surface area contributed by atoms with Crippen molar-refractivity contribution >= 4 is 15.9 Å². The Bertz CT molecular complexity index is 211. The van der Waals surface area contributed by atoms with E-state index >= 15 is 0 Å². The molecule has 0 fully saturated rings. The minimum atomic E-state index is -3.76. The van der Waals surface area contributed by atoms with Crippen LogP contribution in [-0.4, -0.2) is 25.7 Å². The van der Waals surface area contributed by atoms with Gasteiger partial charge in [0, 0.05) is 4.57 Å². The summed E-state index contributed by atoms with van der Waals surface area (Å²) in [5.41, 5.74) is 0.0150. The Morgan fingerprint density at radius 3 is 1.57 bits per heavy atom. The van der Waals surface area contributed by atoms with E-state index in [4.69, 9.17) is 24.1 Å². The minimum Gasteiger partial charge on any atom is -0.324 e. The summed E-state index contributed by atoms with van der Waals surface area (Å²) < 4.78 is 19.1. The van der Waals surface area contributed by atoms with Crippen molar-refractivity contribution in [1.82, 2.24) is 0 Å². The van der Waals surface area contributed by atoms with Crippen molar-refractivity contribution in [2.45, 2.75) is 27.2 Å². The molecule has 0 aliphatic heterocycles. The highest BCUT2D eigenvalue weighted by molar-refractivity contribution is 7.51. The number of rotatable bonds is 2. The molecule has 0 saturated heterocycles. The van der Waals surface area contributed by atoms with Crippen LogP contribution in [0.15, 0.2) is 0 Å². The third kappa shape index (κ3) is 29.5. The van der Waals surface area contributed by atoms with Crippen molar-refractivity contribution in [2.75, 3.05) is 6.16 Å². The van der Waals surface area contributed by atoms with Crippen LogP contribution in [0.5, 0.6) is 0 Å². The molecule has 0 aromatic rings. The summed E-state index contributed by atoms with van der Waals surface area (Å²) >= 11 is 0. The summed E-state index contributed by atoms with van der Waals surface area (Å²) in [6.45, 7) is 5.88. The first-order chi connectivity index (χ1) is 5.94.